The second kappa shape index (κ2) is 8.54. The van der Waals surface area contributed by atoms with E-state index in [4.69, 9.17) is 9.26 Å². The van der Waals surface area contributed by atoms with Crippen LogP contribution in [0.3, 0.4) is 0 Å². The highest BCUT2D eigenvalue weighted by molar-refractivity contribution is 6.01. The van der Waals surface area contributed by atoms with E-state index < -0.39 is 6.10 Å². The van der Waals surface area contributed by atoms with E-state index in [1.165, 1.54) is 0 Å². The molecule has 1 aromatic carbocycles. The summed E-state index contributed by atoms with van der Waals surface area (Å²) in [6.45, 7) is 4.00. The topological polar surface area (TPSA) is 91.9 Å². The summed E-state index contributed by atoms with van der Waals surface area (Å²) in [4.78, 5) is 21.7. The molecule has 8 nitrogen and oxygen atoms in total. The molecular formula is C22H24N4O4. The molecule has 4 rings (SSSR count). The van der Waals surface area contributed by atoms with Gasteiger partial charge >= 0.3 is 0 Å². The lowest BCUT2D eigenvalue weighted by atomic mass is 10.0. The van der Waals surface area contributed by atoms with Crippen LogP contribution in [0.15, 0.2) is 53.2 Å². The molecule has 1 aliphatic rings. The average molecular weight is 408 g/mol. The second-order valence-corrected chi connectivity index (χ2v) is 7.14. The van der Waals surface area contributed by atoms with Crippen molar-refractivity contribution < 1.29 is 19.2 Å². The highest BCUT2D eigenvalue weighted by Gasteiger charge is 2.31. The Bertz CT molecular complexity index is 994. The number of aromatic nitrogens is 2. The molecule has 156 valence electrons. The number of hydrogen-bond donors (Lipinski definition) is 1. The van der Waals surface area contributed by atoms with Crippen LogP contribution in [0, 0.1) is 0 Å². The number of hydrogen-bond acceptors (Lipinski definition) is 7. The highest BCUT2D eigenvalue weighted by Crippen LogP contribution is 2.31. The van der Waals surface area contributed by atoms with E-state index in [-0.39, 0.29) is 11.7 Å². The monoisotopic (exact) mass is 408 g/mol. The number of benzene rings is 1. The van der Waals surface area contributed by atoms with Crippen molar-refractivity contribution in [3.63, 3.8) is 0 Å². The molecule has 0 aliphatic carbocycles. The van der Waals surface area contributed by atoms with E-state index in [9.17, 15) is 9.90 Å². The SMILES string of the molecule is COc1ccc(-c2noc([C@H](C)O)c2C(=O)N2CCN(c3ccccn3)CC2)cc1. The van der Waals surface area contributed by atoms with Gasteiger partial charge in [0, 0.05) is 37.9 Å². The van der Waals surface area contributed by atoms with E-state index >= 15 is 0 Å². The standard InChI is InChI=1S/C22H24N4O4/c1-15(27)21-19(20(24-30-21)16-6-8-17(29-2)9-7-16)22(28)26-13-11-25(12-14-26)18-5-3-4-10-23-18/h3-10,15,27H,11-14H2,1-2H3/t15-/m0/s1. The van der Waals surface area contributed by atoms with Crippen LogP contribution in [0.25, 0.3) is 11.3 Å². The minimum atomic E-state index is -0.946. The number of pyridine rings is 1. The fourth-order valence-electron chi connectivity index (χ4n) is 3.58. The maximum Gasteiger partial charge on any atom is 0.259 e. The summed E-state index contributed by atoms with van der Waals surface area (Å²) >= 11 is 0. The van der Waals surface area contributed by atoms with Gasteiger partial charge in [0.2, 0.25) is 0 Å². The minimum Gasteiger partial charge on any atom is -0.497 e. The molecule has 0 bridgehead atoms. The highest BCUT2D eigenvalue weighted by atomic mass is 16.5. The van der Waals surface area contributed by atoms with Crippen LogP contribution < -0.4 is 9.64 Å². The summed E-state index contributed by atoms with van der Waals surface area (Å²) < 4.78 is 10.6. The summed E-state index contributed by atoms with van der Waals surface area (Å²) in [6.07, 6.45) is 0.818. The van der Waals surface area contributed by atoms with Gasteiger partial charge in [-0.15, -0.1) is 0 Å². The van der Waals surface area contributed by atoms with E-state index in [2.05, 4.69) is 15.0 Å². The van der Waals surface area contributed by atoms with Crippen LogP contribution in [0.1, 0.15) is 29.1 Å². The zero-order chi connectivity index (χ0) is 21.1. The molecule has 1 atom stereocenters. The molecule has 0 spiro atoms. The Morgan fingerprint density at radius 3 is 2.47 bits per heavy atom. The van der Waals surface area contributed by atoms with Crippen molar-refractivity contribution in [2.24, 2.45) is 0 Å². The van der Waals surface area contributed by atoms with Crippen molar-refractivity contribution in [2.75, 3.05) is 38.2 Å². The van der Waals surface area contributed by atoms with Gasteiger partial charge in [0.15, 0.2) is 5.76 Å². The summed E-state index contributed by atoms with van der Waals surface area (Å²) in [5.74, 6) is 1.59. The Labute approximate surface area is 174 Å². The molecule has 0 unspecified atom stereocenters. The minimum absolute atomic E-state index is 0.179. The second-order valence-electron chi connectivity index (χ2n) is 7.14. The number of methoxy groups -OCH3 is 1. The quantitative estimate of drug-likeness (QED) is 0.694. The van der Waals surface area contributed by atoms with Crippen LogP contribution in [0.4, 0.5) is 5.82 Å². The van der Waals surface area contributed by atoms with Crippen LogP contribution >= 0.6 is 0 Å². The zero-order valence-corrected chi connectivity index (χ0v) is 17.0. The maximum atomic E-state index is 13.4. The van der Waals surface area contributed by atoms with E-state index in [1.807, 2.05) is 30.3 Å². The molecule has 8 heteroatoms. The number of amides is 1. The molecule has 1 fully saturated rings. The lowest BCUT2D eigenvalue weighted by Gasteiger charge is -2.35. The van der Waals surface area contributed by atoms with Crippen molar-refractivity contribution in [3.8, 4) is 17.0 Å². The molecule has 2 aromatic heterocycles. The summed E-state index contributed by atoms with van der Waals surface area (Å²) in [7, 11) is 1.59. The lowest BCUT2D eigenvalue weighted by molar-refractivity contribution is 0.0735. The Hall–Kier alpha value is -3.39. The van der Waals surface area contributed by atoms with Crippen molar-refractivity contribution in [1.29, 1.82) is 0 Å². The Balaban J connectivity index is 1.58. The molecule has 3 heterocycles. The van der Waals surface area contributed by atoms with E-state index in [0.717, 1.165) is 11.4 Å². The predicted octanol–water partition coefficient (Wildman–Crippen LogP) is 2.76. The van der Waals surface area contributed by atoms with Gasteiger partial charge in [-0.3, -0.25) is 4.79 Å². The number of piperazine rings is 1. The van der Waals surface area contributed by atoms with Crippen LogP contribution in [0.5, 0.6) is 5.75 Å². The van der Waals surface area contributed by atoms with Gasteiger partial charge in [-0.25, -0.2) is 4.98 Å². The first-order valence-electron chi connectivity index (χ1n) is 9.85. The largest absolute Gasteiger partial charge is 0.497 e. The first kappa shape index (κ1) is 19.9. The summed E-state index contributed by atoms with van der Waals surface area (Å²) in [5, 5.41) is 14.2. The molecule has 1 amide bonds. The number of anilines is 1. The normalized spacial score (nSPS) is 15.2. The molecule has 1 N–H and O–H groups in total. The third-order valence-electron chi connectivity index (χ3n) is 5.22. The first-order chi connectivity index (χ1) is 14.6. The Morgan fingerprint density at radius 2 is 1.87 bits per heavy atom. The predicted molar refractivity (Wildman–Crippen MR) is 111 cm³/mol. The molecule has 0 saturated carbocycles. The van der Waals surface area contributed by atoms with Crippen LogP contribution in [0.2, 0.25) is 0 Å². The molecule has 3 aromatic rings. The number of nitrogens with zero attached hydrogens (tertiary/aromatic N) is 4. The van der Waals surface area contributed by atoms with Gasteiger partial charge in [-0.1, -0.05) is 11.2 Å². The third kappa shape index (κ3) is 3.86. The average Bonchev–Trinajstić information content (AvgIpc) is 3.25. The fourth-order valence-corrected chi connectivity index (χ4v) is 3.58. The Morgan fingerprint density at radius 1 is 1.13 bits per heavy atom. The molecule has 1 aliphatic heterocycles. The number of aliphatic hydroxyl groups excluding tert-OH is 1. The van der Waals surface area contributed by atoms with Crippen molar-refractivity contribution in [2.45, 2.75) is 13.0 Å². The number of aliphatic hydroxyl groups is 1. The van der Waals surface area contributed by atoms with E-state index in [1.54, 1.807) is 37.3 Å². The van der Waals surface area contributed by atoms with Gasteiger partial charge in [0.05, 0.1) is 7.11 Å². The van der Waals surface area contributed by atoms with Crippen molar-refractivity contribution in [1.82, 2.24) is 15.0 Å². The summed E-state index contributed by atoms with van der Waals surface area (Å²) in [5.41, 5.74) is 1.45. The lowest BCUT2D eigenvalue weighted by Crippen LogP contribution is -2.49. The van der Waals surface area contributed by atoms with Gasteiger partial charge in [-0.2, -0.15) is 0 Å². The van der Waals surface area contributed by atoms with Gasteiger partial charge in [-0.05, 0) is 43.3 Å². The number of rotatable bonds is 5. The molecule has 1 saturated heterocycles. The first-order valence-corrected chi connectivity index (χ1v) is 9.85. The number of carbonyl (C=O) groups excluding carboxylic acids is 1. The fraction of sp³-hybridized carbons (Fsp3) is 0.318. The number of carbonyl (C=O) groups is 1. The maximum absolute atomic E-state index is 13.4. The van der Waals surface area contributed by atoms with Crippen molar-refractivity contribution >= 4 is 11.7 Å². The smallest absolute Gasteiger partial charge is 0.259 e. The zero-order valence-electron chi connectivity index (χ0n) is 17.0. The molecular weight excluding hydrogens is 384 g/mol. The third-order valence-corrected chi connectivity index (χ3v) is 5.22. The summed E-state index contributed by atoms with van der Waals surface area (Å²) in [6, 6.07) is 13.0. The van der Waals surface area contributed by atoms with Gasteiger partial charge in [0.25, 0.3) is 5.91 Å². The van der Waals surface area contributed by atoms with Crippen LogP contribution in [-0.2, 0) is 0 Å². The van der Waals surface area contributed by atoms with Crippen LogP contribution in [-0.4, -0.2) is 59.3 Å². The van der Waals surface area contributed by atoms with E-state index in [0.29, 0.717) is 43.2 Å². The van der Waals surface area contributed by atoms with Gasteiger partial charge in [0.1, 0.15) is 28.9 Å². The Kier molecular flexibility index (Phi) is 5.67. The van der Waals surface area contributed by atoms with Gasteiger partial charge < -0.3 is 24.2 Å². The van der Waals surface area contributed by atoms with Crippen molar-refractivity contribution in [3.05, 3.63) is 60.0 Å². The molecule has 0 radical (unpaired) electrons. The number of ether oxygens (including phenoxy) is 1. The molecule has 30 heavy (non-hydrogen) atoms.